The van der Waals surface area contributed by atoms with Crippen LogP contribution in [-0.2, 0) is 4.74 Å². The highest BCUT2D eigenvalue weighted by Gasteiger charge is 2.24. The quantitative estimate of drug-likeness (QED) is 0.650. The van der Waals surface area contributed by atoms with Gasteiger partial charge in [-0.2, -0.15) is 0 Å². The van der Waals surface area contributed by atoms with Crippen LogP contribution in [0.4, 0.5) is 11.6 Å². The molecule has 5 rings (SSSR count). The molecule has 1 aromatic carbocycles. The number of hydrogen-bond acceptors (Lipinski definition) is 8. The van der Waals surface area contributed by atoms with Gasteiger partial charge in [0, 0.05) is 56.2 Å². The Morgan fingerprint density at radius 1 is 0.935 bits per heavy atom. The Morgan fingerprint density at radius 3 is 2.52 bits per heavy atom. The van der Waals surface area contributed by atoms with E-state index in [0.717, 1.165) is 81.0 Å². The molecule has 1 N–H and O–H groups in total. The van der Waals surface area contributed by atoms with Crippen molar-refractivity contribution in [3.63, 3.8) is 0 Å². The zero-order chi connectivity index (χ0) is 20.9. The van der Waals surface area contributed by atoms with Crippen molar-refractivity contribution in [2.75, 3.05) is 43.1 Å². The molecular weight excluding hydrogens is 392 g/mol. The maximum atomic E-state index is 6.51. The second kappa shape index (κ2) is 9.43. The number of fused-ring (bicyclic) bond motifs is 1. The first-order valence-corrected chi connectivity index (χ1v) is 11.1. The Labute approximate surface area is 182 Å². The Hall–Kier alpha value is -3.00. The third-order valence-electron chi connectivity index (χ3n) is 6.10. The smallest absolute Gasteiger partial charge is 0.222 e. The van der Waals surface area contributed by atoms with Gasteiger partial charge in [-0.3, -0.25) is 4.98 Å². The average Bonchev–Trinajstić information content (AvgIpc) is 2.85. The maximum Gasteiger partial charge on any atom is 0.222 e. The highest BCUT2D eigenvalue weighted by atomic mass is 16.5. The normalized spacial score (nSPS) is 21.7. The van der Waals surface area contributed by atoms with Crippen LogP contribution in [0.1, 0.15) is 25.7 Å². The van der Waals surface area contributed by atoms with E-state index in [1.54, 1.807) is 24.8 Å². The molecule has 2 fully saturated rings. The van der Waals surface area contributed by atoms with E-state index >= 15 is 0 Å². The van der Waals surface area contributed by atoms with E-state index in [4.69, 9.17) is 9.47 Å². The molecule has 1 saturated heterocycles. The fourth-order valence-corrected chi connectivity index (χ4v) is 4.38. The molecule has 1 saturated carbocycles. The number of ether oxygens (including phenoxy) is 2. The van der Waals surface area contributed by atoms with Gasteiger partial charge in [-0.05, 0) is 43.7 Å². The minimum atomic E-state index is 0.203. The van der Waals surface area contributed by atoms with Crippen LogP contribution in [0.5, 0.6) is 5.75 Å². The van der Waals surface area contributed by atoms with Gasteiger partial charge in [0.2, 0.25) is 5.95 Å². The SMILES string of the molecule is c1cnc(NC[C@H]2CC[C@@H](Oc3cc(N4CCOCC4)cc4nccnc34)CC2)nc1. The molecule has 0 amide bonds. The summed E-state index contributed by atoms with van der Waals surface area (Å²) in [4.78, 5) is 19.9. The first kappa shape index (κ1) is 19.9. The van der Waals surface area contributed by atoms with Gasteiger partial charge in [0.05, 0.1) is 24.8 Å². The van der Waals surface area contributed by atoms with E-state index in [1.165, 1.54) is 0 Å². The van der Waals surface area contributed by atoms with Gasteiger partial charge in [-0.15, -0.1) is 0 Å². The summed E-state index contributed by atoms with van der Waals surface area (Å²) >= 11 is 0. The van der Waals surface area contributed by atoms with E-state index in [1.807, 2.05) is 6.07 Å². The molecule has 2 aromatic heterocycles. The average molecular weight is 421 g/mol. The monoisotopic (exact) mass is 420 g/mol. The van der Waals surface area contributed by atoms with Crippen LogP contribution in [0, 0.1) is 5.92 Å². The maximum absolute atomic E-state index is 6.51. The largest absolute Gasteiger partial charge is 0.488 e. The molecule has 1 aliphatic carbocycles. The van der Waals surface area contributed by atoms with Gasteiger partial charge in [0.15, 0.2) is 0 Å². The number of nitrogens with one attached hydrogen (secondary N) is 1. The Bertz CT molecular complexity index is 988. The first-order chi connectivity index (χ1) is 15.3. The zero-order valence-electron chi connectivity index (χ0n) is 17.6. The molecule has 0 radical (unpaired) electrons. The Balaban J connectivity index is 1.24. The molecule has 31 heavy (non-hydrogen) atoms. The van der Waals surface area contributed by atoms with Crippen molar-refractivity contribution < 1.29 is 9.47 Å². The summed E-state index contributed by atoms with van der Waals surface area (Å²) in [6.45, 7) is 4.17. The molecule has 3 heterocycles. The van der Waals surface area contributed by atoms with E-state index in [9.17, 15) is 0 Å². The van der Waals surface area contributed by atoms with Crippen LogP contribution in [0.15, 0.2) is 43.0 Å². The summed E-state index contributed by atoms with van der Waals surface area (Å²) in [5.41, 5.74) is 2.85. The van der Waals surface area contributed by atoms with Gasteiger partial charge in [0.25, 0.3) is 0 Å². The van der Waals surface area contributed by atoms with Crippen molar-refractivity contribution in [3.8, 4) is 5.75 Å². The molecular formula is C23H28N6O2. The predicted octanol–water partition coefficient (Wildman–Crippen LogP) is 3.31. The minimum Gasteiger partial charge on any atom is -0.488 e. The van der Waals surface area contributed by atoms with Gasteiger partial charge < -0.3 is 19.7 Å². The van der Waals surface area contributed by atoms with E-state index in [0.29, 0.717) is 11.9 Å². The topological polar surface area (TPSA) is 85.3 Å². The molecule has 3 aromatic rings. The number of hydrogen-bond donors (Lipinski definition) is 1. The van der Waals surface area contributed by atoms with Gasteiger partial charge in [-0.25, -0.2) is 15.0 Å². The van der Waals surface area contributed by atoms with Crippen molar-refractivity contribution in [2.24, 2.45) is 5.92 Å². The highest BCUT2D eigenvalue weighted by molar-refractivity contribution is 5.85. The van der Waals surface area contributed by atoms with Crippen LogP contribution in [0.2, 0.25) is 0 Å². The molecule has 2 aliphatic rings. The molecule has 0 unspecified atom stereocenters. The number of morpholine rings is 1. The van der Waals surface area contributed by atoms with E-state index < -0.39 is 0 Å². The third kappa shape index (κ3) is 4.85. The second-order valence-electron chi connectivity index (χ2n) is 8.18. The van der Waals surface area contributed by atoms with Crippen molar-refractivity contribution >= 4 is 22.7 Å². The standard InChI is InChI=1S/C23H28N6O2/c1-6-26-23(27-7-1)28-16-17-2-4-19(5-3-17)31-21-15-18(29-10-12-30-13-11-29)14-20-22(21)25-9-8-24-20/h1,6-9,14-15,17,19H,2-5,10-13,16H2,(H,26,27,28)/t17-,19+. The minimum absolute atomic E-state index is 0.203. The number of aromatic nitrogens is 4. The first-order valence-electron chi connectivity index (χ1n) is 11.1. The summed E-state index contributed by atoms with van der Waals surface area (Å²) in [6, 6.07) is 6.06. The lowest BCUT2D eigenvalue weighted by Gasteiger charge is -2.31. The molecule has 8 nitrogen and oxygen atoms in total. The van der Waals surface area contributed by atoms with Crippen molar-refractivity contribution in [3.05, 3.63) is 43.0 Å². The molecule has 0 spiro atoms. The molecule has 1 aliphatic heterocycles. The summed E-state index contributed by atoms with van der Waals surface area (Å²) in [7, 11) is 0. The summed E-state index contributed by atoms with van der Waals surface area (Å²) in [5.74, 6) is 2.15. The zero-order valence-corrected chi connectivity index (χ0v) is 17.6. The van der Waals surface area contributed by atoms with Crippen LogP contribution in [-0.4, -0.2) is 58.9 Å². The van der Waals surface area contributed by atoms with E-state index in [-0.39, 0.29) is 6.10 Å². The van der Waals surface area contributed by atoms with Crippen LogP contribution >= 0.6 is 0 Å². The molecule has 162 valence electrons. The number of benzene rings is 1. The highest BCUT2D eigenvalue weighted by Crippen LogP contribution is 2.34. The predicted molar refractivity (Wildman–Crippen MR) is 119 cm³/mol. The van der Waals surface area contributed by atoms with Crippen molar-refractivity contribution in [2.45, 2.75) is 31.8 Å². The van der Waals surface area contributed by atoms with Crippen LogP contribution in [0.3, 0.4) is 0 Å². The lowest BCUT2D eigenvalue weighted by molar-refractivity contribution is 0.122. The third-order valence-corrected chi connectivity index (χ3v) is 6.10. The number of rotatable bonds is 6. The van der Waals surface area contributed by atoms with Crippen LogP contribution < -0.4 is 15.0 Å². The molecule has 0 bridgehead atoms. The summed E-state index contributed by atoms with van der Waals surface area (Å²) < 4.78 is 12.0. The second-order valence-corrected chi connectivity index (χ2v) is 8.18. The fourth-order valence-electron chi connectivity index (χ4n) is 4.38. The molecule has 8 heteroatoms. The number of anilines is 2. The van der Waals surface area contributed by atoms with Crippen molar-refractivity contribution in [1.82, 2.24) is 19.9 Å². The van der Waals surface area contributed by atoms with Gasteiger partial charge in [0.1, 0.15) is 11.3 Å². The lowest BCUT2D eigenvalue weighted by atomic mass is 9.87. The Kier molecular flexibility index (Phi) is 6.06. The Morgan fingerprint density at radius 2 is 1.71 bits per heavy atom. The van der Waals surface area contributed by atoms with Gasteiger partial charge in [-0.1, -0.05) is 0 Å². The summed E-state index contributed by atoms with van der Waals surface area (Å²) in [6.07, 6.45) is 11.5. The summed E-state index contributed by atoms with van der Waals surface area (Å²) in [5, 5.41) is 3.35. The lowest BCUT2D eigenvalue weighted by Crippen LogP contribution is -2.36. The fraction of sp³-hybridized carbons (Fsp3) is 0.478. The molecule has 0 atom stereocenters. The number of nitrogens with zero attached hydrogens (tertiary/aromatic N) is 5. The van der Waals surface area contributed by atoms with Crippen LogP contribution in [0.25, 0.3) is 11.0 Å². The van der Waals surface area contributed by atoms with Gasteiger partial charge >= 0.3 is 0 Å². The van der Waals surface area contributed by atoms with Crippen molar-refractivity contribution in [1.29, 1.82) is 0 Å². The van der Waals surface area contributed by atoms with E-state index in [2.05, 4.69) is 42.3 Å².